The molecule has 2 N–H and O–H groups in total. The van der Waals surface area contributed by atoms with E-state index in [9.17, 15) is 0 Å². The van der Waals surface area contributed by atoms with E-state index in [1.807, 2.05) is 60.7 Å². The number of nitrogen functional groups attached to an aromatic ring is 1. The summed E-state index contributed by atoms with van der Waals surface area (Å²) in [4.78, 5) is 8.74. The Hall–Kier alpha value is -3.54. The molecule has 0 atom stereocenters. The summed E-state index contributed by atoms with van der Waals surface area (Å²) in [6, 6.07) is 19.2. The first kappa shape index (κ1) is 14.1. The maximum absolute atomic E-state index is 5.95. The highest BCUT2D eigenvalue weighted by atomic mass is 16.4. The van der Waals surface area contributed by atoms with Gasteiger partial charge in [-0.2, -0.15) is 0 Å². The molecule has 2 aromatic heterocycles. The van der Waals surface area contributed by atoms with Crippen LogP contribution in [0.5, 0.6) is 0 Å². The smallest absolute Gasteiger partial charge is 0.270 e. The van der Waals surface area contributed by atoms with Crippen LogP contribution in [0.4, 0.5) is 5.82 Å². The maximum atomic E-state index is 5.95. The van der Waals surface area contributed by atoms with Crippen molar-refractivity contribution in [3.63, 3.8) is 0 Å². The largest absolute Gasteiger partial charge is 0.414 e. The predicted octanol–water partition coefficient (Wildman–Crippen LogP) is 3.93. The third kappa shape index (κ3) is 2.61. The Bertz CT molecular complexity index is 977. The third-order valence-electron chi connectivity index (χ3n) is 3.52. The quantitative estimate of drug-likeness (QED) is 0.615. The summed E-state index contributed by atoms with van der Waals surface area (Å²) in [7, 11) is 0. The molecule has 0 amide bonds. The van der Waals surface area contributed by atoms with Crippen LogP contribution in [0.25, 0.3) is 34.3 Å². The van der Waals surface area contributed by atoms with Crippen LogP contribution in [-0.2, 0) is 0 Å². The van der Waals surface area contributed by atoms with Gasteiger partial charge in [-0.1, -0.05) is 48.5 Å². The van der Waals surface area contributed by atoms with E-state index >= 15 is 0 Å². The Morgan fingerprint density at radius 2 is 1.42 bits per heavy atom. The molecule has 24 heavy (non-hydrogen) atoms. The van der Waals surface area contributed by atoms with Crippen molar-refractivity contribution in [3.05, 3.63) is 66.9 Å². The Morgan fingerprint density at radius 1 is 0.792 bits per heavy atom. The lowest BCUT2D eigenvalue weighted by Gasteiger charge is -2.04. The minimum atomic E-state index is 0. The van der Waals surface area contributed by atoms with Gasteiger partial charge in [0.1, 0.15) is 0 Å². The van der Waals surface area contributed by atoms with Gasteiger partial charge in [0.25, 0.3) is 5.89 Å². The average Bonchev–Trinajstić information content (AvgIpc) is 3.13. The molecule has 2 heterocycles. The molecule has 0 saturated carbocycles. The summed E-state index contributed by atoms with van der Waals surface area (Å²) in [5.41, 5.74) is 8.79. The van der Waals surface area contributed by atoms with E-state index in [0.717, 1.165) is 11.1 Å². The first-order chi connectivity index (χ1) is 11.8. The van der Waals surface area contributed by atoms with E-state index < -0.39 is 0 Å². The molecule has 0 aliphatic rings. The Kier molecular flexibility index (Phi) is 3.47. The monoisotopic (exact) mass is 319 g/mol. The van der Waals surface area contributed by atoms with Crippen LogP contribution in [-0.4, -0.2) is 20.2 Å². The third-order valence-corrected chi connectivity index (χ3v) is 3.52. The topological polar surface area (TPSA) is 90.7 Å². The zero-order chi connectivity index (χ0) is 16.4. The van der Waals surface area contributed by atoms with Crippen LogP contribution >= 0.6 is 0 Å². The summed E-state index contributed by atoms with van der Waals surface area (Å²) in [6.07, 6.45) is 1.63. The molecule has 4 rings (SSSR count). The van der Waals surface area contributed by atoms with Crippen molar-refractivity contribution < 1.29 is 7.27 Å². The number of rotatable bonds is 3. The molecule has 0 unspecified atom stereocenters. The molecular formula is C18H17N5O. The van der Waals surface area contributed by atoms with Gasteiger partial charge < -0.3 is 10.2 Å². The molecule has 0 fully saturated rings. The summed E-state index contributed by atoms with van der Waals surface area (Å²) in [5, 5.41) is 8.13. The molecule has 6 heteroatoms. The second-order valence-corrected chi connectivity index (χ2v) is 5.13. The van der Waals surface area contributed by atoms with Crippen LogP contribution in [0.1, 0.15) is 2.85 Å². The zero-order valence-corrected chi connectivity index (χ0v) is 12.6. The fourth-order valence-corrected chi connectivity index (χ4v) is 2.32. The number of hydrogen-bond donors (Lipinski definition) is 1. The highest BCUT2D eigenvalue weighted by Gasteiger charge is 2.16. The van der Waals surface area contributed by atoms with Crippen LogP contribution in [0.2, 0.25) is 0 Å². The number of nitrogens with two attached hydrogens (primary N) is 1. The van der Waals surface area contributed by atoms with Gasteiger partial charge in [-0.05, 0) is 12.1 Å². The minimum absolute atomic E-state index is 0. The molecule has 0 aliphatic heterocycles. The summed E-state index contributed by atoms with van der Waals surface area (Å²) >= 11 is 0. The van der Waals surface area contributed by atoms with Gasteiger partial charge in [-0.25, -0.2) is 9.97 Å². The van der Waals surface area contributed by atoms with Gasteiger partial charge in [-0.3, -0.25) is 0 Å². The number of nitrogens with zero attached hydrogens (tertiary/aromatic N) is 4. The van der Waals surface area contributed by atoms with E-state index in [4.69, 9.17) is 10.2 Å². The Morgan fingerprint density at radius 3 is 2.12 bits per heavy atom. The van der Waals surface area contributed by atoms with Crippen molar-refractivity contribution in [2.75, 3.05) is 5.73 Å². The van der Waals surface area contributed by atoms with E-state index in [-0.39, 0.29) is 14.6 Å². The number of anilines is 1. The molecule has 0 aliphatic carbocycles. The second kappa shape index (κ2) is 5.92. The molecule has 2 aromatic carbocycles. The van der Waals surface area contributed by atoms with Crippen LogP contribution in [0, 0.1) is 0 Å². The van der Waals surface area contributed by atoms with Crippen LogP contribution < -0.4 is 5.73 Å². The maximum Gasteiger partial charge on any atom is 0.270 e. The Balaban J connectivity index is 0.00000121. The SMILES string of the molecule is Nc1ncc(-c2ccccc2)nc1-c1nnc(-c2ccccc2)o1.[HH].[HH]. The first-order valence-corrected chi connectivity index (χ1v) is 7.38. The predicted molar refractivity (Wildman–Crippen MR) is 94.8 cm³/mol. The summed E-state index contributed by atoms with van der Waals surface area (Å²) in [6.45, 7) is 0. The molecule has 0 saturated heterocycles. The molecule has 0 bridgehead atoms. The van der Waals surface area contributed by atoms with Gasteiger partial charge >= 0.3 is 0 Å². The van der Waals surface area contributed by atoms with Crippen LogP contribution in [0.15, 0.2) is 71.3 Å². The number of benzene rings is 2. The molecule has 6 nitrogen and oxygen atoms in total. The highest BCUT2D eigenvalue weighted by Crippen LogP contribution is 2.27. The average molecular weight is 319 g/mol. The molecule has 0 spiro atoms. The van der Waals surface area contributed by atoms with Gasteiger partial charge in [-0.15, -0.1) is 10.2 Å². The lowest BCUT2D eigenvalue weighted by atomic mass is 10.1. The summed E-state index contributed by atoms with van der Waals surface area (Å²) < 4.78 is 5.72. The molecule has 120 valence electrons. The van der Waals surface area contributed by atoms with Gasteiger partial charge in [0.2, 0.25) is 5.89 Å². The van der Waals surface area contributed by atoms with Gasteiger partial charge in [0.05, 0.1) is 11.9 Å². The minimum Gasteiger partial charge on any atom is -0.414 e. The van der Waals surface area contributed by atoms with Crippen molar-refractivity contribution in [2.24, 2.45) is 0 Å². The van der Waals surface area contributed by atoms with Crippen molar-refractivity contribution in [2.45, 2.75) is 0 Å². The normalized spacial score (nSPS) is 10.7. The second-order valence-electron chi connectivity index (χ2n) is 5.13. The lowest BCUT2D eigenvalue weighted by molar-refractivity contribution is 0.582. The van der Waals surface area contributed by atoms with E-state index in [1.54, 1.807) is 6.20 Å². The van der Waals surface area contributed by atoms with E-state index in [2.05, 4.69) is 20.2 Å². The van der Waals surface area contributed by atoms with Crippen molar-refractivity contribution in [1.29, 1.82) is 0 Å². The fraction of sp³-hybridized carbons (Fsp3) is 0. The molecular weight excluding hydrogens is 302 g/mol. The lowest BCUT2D eigenvalue weighted by Crippen LogP contribution is -1.99. The van der Waals surface area contributed by atoms with E-state index in [1.165, 1.54) is 0 Å². The highest BCUT2D eigenvalue weighted by molar-refractivity contribution is 5.68. The number of hydrogen-bond acceptors (Lipinski definition) is 6. The van der Waals surface area contributed by atoms with Crippen molar-refractivity contribution in [1.82, 2.24) is 20.2 Å². The fourth-order valence-electron chi connectivity index (χ4n) is 2.32. The van der Waals surface area contributed by atoms with Crippen molar-refractivity contribution in [3.8, 4) is 34.3 Å². The van der Waals surface area contributed by atoms with Gasteiger partial charge in [0.15, 0.2) is 11.5 Å². The molecule has 0 radical (unpaired) electrons. The van der Waals surface area contributed by atoms with Crippen LogP contribution in [0.3, 0.4) is 0 Å². The zero-order valence-electron chi connectivity index (χ0n) is 12.6. The van der Waals surface area contributed by atoms with Crippen molar-refractivity contribution >= 4 is 5.82 Å². The Labute approximate surface area is 141 Å². The number of aromatic nitrogens is 4. The van der Waals surface area contributed by atoms with E-state index in [0.29, 0.717) is 17.3 Å². The first-order valence-electron chi connectivity index (χ1n) is 7.38. The standard InChI is InChI=1S/C18H13N5O.2H2/c19-16-15(21-14(11-20-16)12-7-3-1-4-8-12)18-23-22-17(24-18)13-9-5-2-6-10-13;;/h1-11H,(H2,19,20);2*1H. The summed E-state index contributed by atoms with van der Waals surface area (Å²) in [5.74, 6) is 0.909. The molecule has 4 aromatic rings. The van der Waals surface area contributed by atoms with Gasteiger partial charge in [0, 0.05) is 14.0 Å².